The Morgan fingerprint density at radius 3 is 0.648 bits per heavy atom. The summed E-state index contributed by atoms with van der Waals surface area (Å²) in [5.74, 6) is 0. The molecule has 558 valence electrons. The molecule has 0 spiro atoms. The topological polar surface area (TPSA) is 155 Å². The highest BCUT2D eigenvalue weighted by atomic mass is 14.8. The summed E-state index contributed by atoms with van der Waals surface area (Å²) in [4.78, 5) is 49.2. The molecule has 0 aliphatic rings. The molecule has 18 rings (SSSR count). The fourth-order valence-electron chi connectivity index (χ4n) is 8.85. The van der Waals surface area contributed by atoms with E-state index in [1.165, 1.54) is 32.3 Å². The van der Waals surface area contributed by atoms with Crippen molar-refractivity contribution in [3.8, 4) is 0 Å². The van der Waals surface area contributed by atoms with Crippen LogP contribution in [0.2, 0.25) is 0 Å². The van der Waals surface area contributed by atoms with E-state index in [2.05, 4.69) is 181 Å². The number of aromatic nitrogens is 12. The highest BCUT2D eigenvalue weighted by Crippen LogP contribution is 2.15. The maximum Gasteiger partial charge on any atom is 0.159 e. The van der Waals surface area contributed by atoms with Crippen molar-refractivity contribution >= 4 is 98.3 Å². The lowest BCUT2D eigenvalue weighted by Crippen LogP contribution is -1.78. The number of hydrogen-bond acceptors (Lipinski definition) is 12. The Morgan fingerprint density at radius 2 is 0.333 bits per heavy atom. The lowest BCUT2D eigenvalue weighted by atomic mass is 10.1. The summed E-state index contributed by atoms with van der Waals surface area (Å²) in [6, 6.07) is 92.6. The average molecular weight is 1440 g/mol. The molecule has 0 aliphatic heterocycles. The van der Waals surface area contributed by atoms with Crippen LogP contribution in [0, 0.1) is 0 Å². The Bertz CT molecular complexity index is 3510. The second-order valence-electron chi connectivity index (χ2n) is 19.4. The third kappa shape index (κ3) is 35.8. The lowest BCUT2D eigenvalue weighted by Gasteiger charge is -1.92. The zero-order valence-corrected chi connectivity index (χ0v) is 67.0. The number of benzene rings is 7. The first kappa shape index (κ1) is 93.5. The summed E-state index contributed by atoms with van der Waals surface area (Å²) in [5.41, 5.74) is 8.67. The van der Waals surface area contributed by atoms with Crippen LogP contribution in [-0.4, -0.2) is 59.8 Å². The molecule has 0 bridgehead atoms. The summed E-state index contributed by atoms with van der Waals surface area (Å²) in [6.07, 6.45) is 24.7. The minimum absolute atomic E-state index is 0.810. The zero-order chi connectivity index (χ0) is 79.3. The largest absolute Gasteiger partial charge is 0.264 e. The fraction of sp³-hybridized carbons (Fsp3) is 0.188. The Hall–Kier alpha value is -12.5. The van der Waals surface area contributed by atoms with Crippen LogP contribution in [0.3, 0.4) is 0 Å². The van der Waals surface area contributed by atoms with E-state index >= 15 is 0 Å². The van der Waals surface area contributed by atoms with Crippen LogP contribution >= 0.6 is 0 Å². The molecule has 7 aromatic carbocycles. The molecule has 0 atom stereocenters. The van der Waals surface area contributed by atoms with Gasteiger partial charge in [-0.15, -0.1) is 0 Å². The van der Waals surface area contributed by atoms with Gasteiger partial charge in [0.15, 0.2) is 5.65 Å². The maximum atomic E-state index is 4.18. The normalized spacial score (nSPS) is 8.83. The summed E-state index contributed by atoms with van der Waals surface area (Å²) in [7, 11) is 0. The number of para-hydroxylation sites is 4. The molecular weight excluding hydrogens is 1320 g/mol. The van der Waals surface area contributed by atoms with E-state index in [-0.39, 0.29) is 0 Å². The predicted octanol–water partition coefficient (Wildman–Crippen LogP) is 27.5. The van der Waals surface area contributed by atoms with E-state index in [1.807, 2.05) is 301 Å². The number of nitrogens with zero attached hydrogens (tertiary/aromatic N) is 12. The smallest absolute Gasteiger partial charge is 0.159 e. The SMILES string of the molecule is CC.CC.CC.CC.CC.CC.CC.CC.CC.c1ccc2ccccc2c1.c1ccc2ccccc2c1.c1ccc2ncccc2c1.c1ccc2ncccc2c1.c1ccc2nccnc2c1.c1cnc2cccnc2c1.c1cnc2ccncc2c1.c1cnc2cnccc2c1.c1cnc2ncccc2c1. The van der Waals surface area contributed by atoms with Gasteiger partial charge in [-0.3, -0.25) is 49.8 Å². The number of rotatable bonds is 0. The maximum absolute atomic E-state index is 4.18. The monoisotopic (exact) mass is 1430 g/mol. The predicted molar refractivity (Wildman–Crippen MR) is 471 cm³/mol. The Kier molecular flexibility index (Phi) is 55.5. The molecule has 11 aromatic heterocycles. The van der Waals surface area contributed by atoms with Crippen LogP contribution in [0.4, 0.5) is 0 Å². The van der Waals surface area contributed by atoms with Gasteiger partial charge in [0.2, 0.25) is 0 Å². The highest BCUT2D eigenvalue weighted by molar-refractivity contribution is 5.84. The lowest BCUT2D eigenvalue weighted by molar-refractivity contribution is 1.29. The highest BCUT2D eigenvalue weighted by Gasteiger charge is 1.94. The molecular formula is C96H114N12. The molecule has 108 heavy (non-hydrogen) atoms. The van der Waals surface area contributed by atoms with Crippen LogP contribution in [0.25, 0.3) is 98.3 Å². The number of hydrogen-bond donors (Lipinski definition) is 0. The minimum Gasteiger partial charge on any atom is -0.264 e. The van der Waals surface area contributed by atoms with Gasteiger partial charge in [0.1, 0.15) is 0 Å². The van der Waals surface area contributed by atoms with E-state index in [0.29, 0.717) is 0 Å². The number of fused-ring (bicyclic) bond motifs is 9. The van der Waals surface area contributed by atoms with Gasteiger partial charge in [0.05, 0.1) is 50.3 Å². The Balaban J connectivity index is 0.000000591. The third-order valence-corrected chi connectivity index (χ3v) is 13.3. The van der Waals surface area contributed by atoms with Crippen molar-refractivity contribution < 1.29 is 0 Å². The van der Waals surface area contributed by atoms with E-state index < -0.39 is 0 Å². The van der Waals surface area contributed by atoms with Crippen LogP contribution < -0.4 is 0 Å². The van der Waals surface area contributed by atoms with Crippen LogP contribution in [0.1, 0.15) is 125 Å². The second-order valence-corrected chi connectivity index (χ2v) is 19.4. The summed E-state index contributed by atoms with van der Waals surface area (Å²) >= 11 is 0. The van der Waals surface area contributed by atoms with Crippen molar-refractivity contribution in [3.63, 3.8) is 0 Å². The van der Waals surface area contributed by atoms with Crippen molar-refractivity contribution in [3.05, 3.63) is 366 Å². The second kappa shape index (κ2) is 64.1. The molecule has 12 heteroatoms. The van der Waals surface area contributed by atoms with Gasteiger partial charge >= 0.3 is 0 Å². The summed E-state index contributed by atoms with van der Waals surface area (Å²) < 4.78 is 0. The van der Waals surface area contributed by atoms with Gasteiger partial charge in [-0.1, -0.05) is 288 Å². The zero-order valence-electron chi connectivity index (χ0n) is 67.0. The molecule has 0 amide bonds. The molecule has 0 saturated heterocycles. The minimum atomic E-state index is 0.810. The summed E-state index contributed by atoms with van der Waals surface area (Å²) in [5, 5.41) is 11.0. The molecule has 11 heterocycles. The van der Waals surface area contributed by atoms with E-state index in [4.69, 9.17) is 0 Å². The Morgan fingerprint density at radius 1 is 0.130 bits per heavy atom. The van der Waals surface area contributed by atoms with Gasteiger partial charge in [-0.05, 0) is 137 Å². The van der Waals surface area contributed by atoms with Gasteiger partial charge in [0, 0.05) is 107 Å². The fourth-order valence-corrected chi connectivity index (χ4v) is 8.85. The molecule has 0 radical (unpaired) electrons. The molecule has 18 aromatic rings. The first-order valence-electron chi connectivity index (χ1n) is 37.9. The van der Waals surface area contributed by atoms with Crippen LogP contribution in [-0.2, 0) is 0 Å². The molecule has 0 saturated carbocycles. The Labute approximate surface area is 644 Å². The van der Waals surface area contributed by atoms with Crippen molar-refractivity contribution in [2.45, 2.75) is 125 Å². The van der Waals surface area contributed by atoms with Crippen LogP contribution in [0.15, 0.2) is 366 Å². The first-order chi connectivity index (χ1) is 53.7. The van der Waals surface area contributed by atoms with Crippen molar-refractivity contribution in [1.82, 2.24) is 59.8 Å². The van der Waals surface area contributed by atoms with Gasteiger partial charge in [0.25, 0.3) is 0 Å². The van der Waals surface area contributed by atoms with Gasteiger partial charge < -0.3 is 0 Å². The molecule has 0 aliphatic carbocycles. The average Bonchev–Trinajstić information content (AvgIpc) is 0.998. The van der Waals surface area contributed by atoms with Gasteiger partial charge in [-0.2, -0.15) is 0 Å². The van der Waals surface area contributed by atoms with E-state index in [0.717, 1.165) is 65.9 Å². The third-order valence-electron chi connectivity index (χ3n) is 13.3. The van der Waals surface area contributed by atoms with Crippen molar-refractivity contribution in [2.24, 2.45) is 0 Å². The van der Waals surface area contributed by atoms with Crippen LogP contribution in [0.5, 0.6) is 0 Å². The number of pyridine rings is 10. The van der Waals surface area contributed by atoms with E-state index in [9.17, 15) is 0 Å². The molecule has 0 fully saturated rings. The van der Waals surface area contributed by atoms with Crippen molar-refractivity contribution in [2.75, 3.05) is 0 Å². The van der Waals surface area contributed by atoms with Gasteiger partial charge in [-0.25, -0.2) is 9.97 Å². The molecule has 12 nitrogen and oxygen atoms in total. The molecule has 0 N–H and O–H groups in total. The van der Waals surface area contributed by atoms with E-state index in [1.54, 1.807) is 68.2 Å². The first-order valence-corrected chi connectivity index (χ1v) is 37.9. The van der Waals surface area contributed by atoms with Crippen molar-refractivity contribution in [1.29, 1.82) is 0 Å². The summed E-state index contributed by atoms with van der Waals surface area (Å²) in [6.45, 7) is 36.0. The quantitative estimate of drug-likeness (QED) is 0.142. The standard InChI is InChI=1S/2C10H8.2C9H7N.5C8H6N2.9C2H6/c2*1-2-6-10-8-4-3-7-9(10)5-1;2*1-2-6-9-8(4-1)5-3-7-10-9;1-3-7-8(9-5-1)4-2-6-10-7;1-3-7-4-2-6-10-8(7)9-5-1;1-2-7-6-9-5-3-8(7)10-4-1;1-2-7-3-5-9-6-8(7)10-4-1;1-2-4-8-7(3-1)9-5-6-10-8;9*1-2/h2*1-8H;2*1-7H;5*1-6H;9*1-2H3. The molecule has 0 unspecified atom stereocenters.